The maximum Gasteiger partial charge on any atom is 0.228 e. The molecule has 2 aromatic rings. The van der Waals surface area contributed by atoms with Gasteiger partial charge in [0.25, 0.3) is 0 Å². The second-order valence-electron chi connectivity index (χ2n) is 6.11. The number of hydrogen-bond donors (Lipinski definition) is 1. The van der Waals surface area contributed by atoms with Gasteiger partial charge in [0, 0.05) is 31.0 Å². The Kier molecular flexibility index (Phi) is 5.06. The average molecular weight is 329 g/mol. The predicted molar refractivity (Wildman–Crippen MR) is 94.8 cm³/mol. The van der Waals surface area contributed by atoms with Crippen LogP contribution < -0.4 is 5.32 Å². The lowest BCUT2D eigenvalue weighted by molar-refractivity contribution is -0.123. The summed E-state index contributed by atoms with van der Waals surface area (Å²) < 4.78 is 2.18. The first-order valence-electron chi connectivity index (χ1n) is 8.04. The van der Waals surface area contributed by atoms with E-state index in [0.717, 1.165) is 42.2 Å². The van der Waals surface area contributed by atoms with Gasteiger partial charge in [0.1, 0.15) is 5.82 Å². The summed E-state index contributed by atoms with van der Waals surface area (Å²) in [6.45, 7) is 2.84. The van der Waals surface area contributed by atoms with E-state index in [1.54, 1.807) is 11.8 Å². The fraction of sp³-hybridized carbons (Fsp3) is 0.444. The van der Waals surface area contributed by atoms with Gasteiger partial charge in [-0.25, -0.2) is 4.98 Å². The molecule has 1 amide bonds. The number of fused-ring (bicyclic) bond motifs is 1. The smallest absolute Gasteiger partial charge is 0.228 e. The van der Waals surface area contributed by atoms with E-state index in [0.29, 0.717) is 0 Å². The number of rotatable bonds is 5. The lowest BCUT2D eigenvalue weighted by atomic mass is 9.99. The molecular formula is C18H23N3OS. The molecule has 122 valence electrons. The Morgan fingerprint density at radius 1 is 1.43 bits per heavy atom. The number of benzene rings is 1. The molecule has 0 bridgehead atoms. The molecule has 0 unspecified atom stereocenters. The first-order valence-corrected chi connectivity index (χ1v) is 9.43. The Bertz CT molecular complexity index is 668. The molecule has 1 N–H and O–H groups in total. The second-order valence-corrected chi connectivity index (χ2v) is 7.02. The van der Waals surface area contributed by atoms with Crippen molar-refractivity contribution < 1.29 is 4.79 Å². The minimum absolute atomic E-state index is 0.0860. The summed E-state index contributed by atoms with van der Waals surface area (Å²) in [5.41, 5.74) is 2.14. The molecule has 0 spiro atoms. The summed E-state index contributed by atoms with van der Waals surface area (Å²) in [6.07, 6.45) is 6.01. The highest BCUT2D eigenvalue weighted by Gasteiger charge is 2.25. The molecule has 2 atom stereocenters. The van der Waals surface area contributed by atoms with E-state index in [-0.39, 0.29) is 17.9 Å². The number of carbonyl (C=O) groups is 1. The van der Waals surface area contributed by atoms with Crippen molar-refractivity contribution in [2.45, 2.75) is 38.3 Å². The number of nitrogens with one attached hydrogen (secondary N) is 1. The third-order valence-electron chi connectivity index (χ3n) is 4.31. The van der Waals surface area contributed by atoms with Crippen LogP contribution in [0, 0.1) is 6.92 Å². The third kappa shape index (κ3) is 3.78. The van der Waals surface area contributed by atoms with E-state index < -0.39 is 0 Å². The van der Waals surface area contributed by atoms with E-state index in [2.05, 4.69) is 21.1 Å². The van der Waals surface area contributed by atoms with Crippen LogP contribution in [0.2, 0.25) is 0 Å². The number of thioether (sulfide) groups is 1. The number of aryl methyl sites for hydroxylation is 2. The van der Waals surface area contributed by atoms with Crippen LogP contribution in [0.15, 0.2) is 36.5 Å². The zero-order valence-corrected chi connectivity index (χ0v) is 14.5. The van der Waals surface area contributed by atoms with Gasteiger partial charge in [0.05, 0.1) is 11.6 Å². The molecule has 1 aliphatic heterocycles. The molecule has 5 heteroatoms. The zero-order chi connectivity index (χ0) is 16.2. The van der Waals surface area contributed by atoms with Crippen molar-refractivity contribution >= 4 is 17.7 Å². The van der Waals surface area contributed by atoms with Crippen molar-refractivity contribution in [3.05, 3.63) is 53.6 Å². The van der Waals surface area contributed by atoms with Crippen LogP contribution in [0.4, 0.5) is 0 Å². The number of aromatic nitrogens is 2. The highest BCUT2D eigenvalue weighted by molar-refractivity contribution is 7.98. The van der Waals surface area contributed by atoms with Crippen molar-refractivity contribution in [1.29, 1.82) is 0 Å². The molecule has 1 aliphatic rings. The minimum atomic E-state index is -0.0860. The van der Waals surface area contributed by atoms with Crippen molar-refractivity contribution in [2.75, 3.05) is 12.0 Å². The molecule has 0 saturated heterocycles. The van der Waals surface area contributed by atoms with Crippen LogP contribution >= 0.6 is 11.8 Å². The topological polar surface area (TPSA) is 46.9 Å². The second kappa shape index (κ2) is 7.21. The van der Waals surface area contributed by atoms with Gasteiger partial charge in [-0.15, -0.1) is 0 Å². The molecule has 4 nitrogen and oxygen atoms in total. The fourth-order valence-electron chi connectivity index (χ4n) is 3.18. The van der Waals surface area contributed by atoms with Crippen LogP contribution in [-0.4, -0.2) is 33.5 Å². The summed E-state index contributed by atoms with van der Waals surface area (Å²) in [7, 11) is 0. The number of hydrogen-bond acceptors (Lipinski definition) is 3. The Labute approximate surface area is 141 Å². The molecule has 0 saturated carbocycles. The first kappa shape index (κ1) is 16.1. The van der Waals surface area contributed by atoms with E-state index in [1.165, 1.54) is 0 Å². The SMILES string of the molecule is CSC[C@@H](C(=O)N[C@H]1CCc2nc(C)cn2C1)c1ccccc1. The monoisotopic (exact) mass is 329 g/mol. The van der Waals surface area contributed by atoms with Gasteiger partial charge in [-0.3, -0.25) is 4.79 Å². The lowest BCUT2D eigenvalue weighted by Crippen LogP contribution is -2.43. The zero-order valence-electron chi connectivity index (χ0n) is 13.7. The summed E-state index contributed by atoms with van der Waals surface area (Å²) in [4.78, 5) is 17.3. The number of nitrogens with zero attached hydrogens (tertiary/aromatic N) is 2. The largest absolute Gasteiger partial charge is 0.351 e. The Hall–Kier alpha value is -1.75. The molecule has 0 aliphatic carbocycles. The summed E-state index contributed by atoms with van der Waals surface area (Å²) in [6, 6.07) is 10.3. The molecule has 3 rings (SSSR count). The van der Waals surface area contributed by atoms with Crippen LogP contribution in [0.5, 0.6) is 0 Å². The maximum atomic E-state index is 12.8. The fourth-order valence-corrected chi connectivity index (χ4v) is 3.86. The predicted octanol–water partition coefficient (Wildman–Crippen LogP) is 2.77. The number of imidazole rings is 1. The lowest BCUT2D eigenvalue weighted by Gasteiger charge is -2.27. The minimum Gasteiger partial charge on any atom is -0.351 e. The third-order valence-corrected chi connectivity index (χ3v) is 4.98. The molecule has 0 radical (unpaired) electrons. The molecule has 0 fully saturated rings. The van der Waals surface area contributed by atoms with E-state index in [9.17, 15) is 4.79 Å². The van der Waals surface area contributed by atoms with Gasteiger partial charge in [0.2, 0.25) is 5.91 Å². The molecular weight excluding hydrogens is 306 g/mol. The Morgan fingerprint density at radius 2 is 2.22 bits per heavy atom. The molecule has 2 heterocycles. The molecule has 23 heavy (non-hydrogen) atoms. The van der Waals surface area contributed by atoms with Crippen LogP contribution in [-0.2, 0) is 17.8 Å². The van der Waals surface area contributed by atoms with Crippen molar-refractivity contribution in [2.24, 2.45) is 0 Å². The van der Waals surface area contributed by atoms with Crippen molar-refractivity contribution in [1.82, 2.24) is 14.9 Å². The summed E-state index contributed by atoms with van der Waals surface area (Å²) >= 11 is 1.71. The standard InChI is InChI=1S/C18H23N3OS/c1-13-10-21-11-15(8-9-17(21)19-13)20-18(22)16(12-23-2)14-6-4-3-5-7-14/h3-7,10,15-16H,8-9,11-12H2,1-2H3,(H,20,22)/t15-,16+/m0/s1. The van der Waals surface area contributed by atoms with Gasteiger partial charge >= 0.3 is 0 Å². The van der Waals surface area contributed by atoms with Gasteiger partial charge in [0.15, 0.2) is 0 Å². The number of carbonyl (C=O) groups excluding carboxylic acids is 1. The molecule has 1 aromatic heterocycles. The highest BCUT2D eigenvalue weighted by atomic mass is 32.2. The molecule has 1 aromatic carbocycles. The van der Waals surface area contributed by atoms with Crippen LogP contribution in [0.1, 0.15) is 29.4 Å². The van der Waals surface area contributed by atoms with Gasteiger partial charge in [-0.05, 0) is 25.2 Å². The van der Waals surface area contributed by atoms with Crippen LogP contribution in [0.25, 0.3) is 0 Å². The summed E-state index contributed by atoms with van der Waals surface area (Å²) in [5.74, 6) is 1.99. The normalized spacial score (nSPS) is 18.3. The van der Waals surface area contributed by atoms with Gasteiger partial charge < -0.3 is 9.88 Å². The van der Waals surface area contributed by atoms with Crippen LogP contribution in [0.3, 0.4) is 0 Å². The van der Waals surface area contributed by atoms with Gasteiger partial charge in [-0.1, -0.05) is 30.3 Å². The summed E-state index contributed by atoms with van der Waals surface area (Å²) in [5, 5.41) is 3.25. The van der Waals surface area contributed by atoms with Crippen molar-refractivity contribution in [3.8, 4) is 0 Å². The number of amides is 1. The van der Waals surface area contributed by atoms with Gasteiger partial charge in [-0.2, -0.15) is 11.8 Å². The quantitative estimate of drug-likeness (QED) is 0.917. The van der Waals surface area contributed by atoms with E-state index >= 15 is 0 Å². The van der Waals surface area contributed by atoms with Crippen molar-refractivity contribution in [3.63, 3.8) is 0 Å². The average Bonchev–Trinajstić information content (AvgIpc) is 2.92. The van der Waals surface area contributed by atoms with E-state index in [4.69, 9.17) is 0 Å². The maximum absolute atomic E-state index is 12.8. The highest BCUT2D eigenvalue weighted by Crippen LogP contribution is 2.21. The van der Waals surface area contributed by atoms with E-state index in [1.807, 2.05) is 43.5 Å². The Balaban J connectivity index is 1.68. The Morgan fingerprint density at radius 3 is 2.96 bits per heavy atom. The first-order chi connectivity index (χ1) is 11.2.